The number of anilines is 1. The third-order valence-electron chi connectivity index (χ3n) is 2.51. The molecule has 0 amide bonds. The Morgan fingerprint density at radius 3 is 2.56 bits per heavy atom. The first-order valence-corrected chi connectivity index (χ1v) is 6.73. The lowest BCUT2D eigenvalue weighted by molar-refractivity contribution is 0.112. The summed E-state index contributed by atoms with van der Waals surface area (Å²) in [6.45, 7) is 4.28. The van der Waals surface area contributed by atoms with E-state index in [9.17, 15) is 4.79 Å². The Morgan fingerprint density at radius 1 is 1.22 bits per heavy atom. The van der Waals surface area contributed by atoms with E-state index < -0.39 is 0 Å². The first-order chi connectivity index (χ1) is 8.70. The third kappa shape index (κ3) is 2.96. The Morgan fingerprint density at radius 2 is 1.94 bits per heavy atom. The van der Waals surface area contributed by atoms with E-state index in [0.717, 1.165) is 23.1 Å². The quantitative estimate of drug-likeness (QED) is 0.631. The number of H-pyrrole nitrogens is 1. The normalized spacial score (nSPS) is 10.6. The molecule has 0 spiro atoms. The lowest BCUT2D eigenvalue weighted by atomic mass is 10.1. The highest BCUT2D eigenvalue weighted by molar-refractivity contribution is 8.01. The van der Waals surface area contributed by atoms with Crippen molar-refractivity contribution in [1.29, 1.82) is 0 Å². The number of hydrogen-bond donors (Lipinski definition) is 2. The molecule has 1 heterocycles. The van der Waals surface area contributed by atoms with Gasteiger partial charge in [0.1, 0.15) is 0 Å². The minimum absolute atomic E-state index is 0.538. The van der Waals surface area contributed by atoms with Gasteiger partial charge >= 0.3 is 0 Å². The molecule has 0 saturated carbocycles. The average molecular weight is 260 g/mol. The van der Waals surface area contributed by atoms with E-state index in [4.69, 9.17) is 0 Å². The summed E-state index contributed by atoms with van der Waals surface area (Å²) < 4.78 is 3.28. The zero-order valence-corrected chi connectivity index (χ0v) is 11.3. The summed E-state index contributed by atoms with van der Waals surface area (Å²) in [6.07, 6.45) is 2.62. The highest BCUT2D eigenvalue weighted by atomic mass is 32.2. The van der Waals surface area contributed by atoms with Crippen LogP contribution in [0.2, 0.25) is 0 Å². The molecule has 2 aromatic rings. The molecule has 0 aliphatic rings. The number of aldehydes is 1. The number of hydrogen-bond acceptors (Lipinski definition) is 3. The molecule has 18 heavy (non-hydrogen) atoms. The van der Waals surface area contributed by atoms with Crippen molar-refractivity contribution in [1.82, 2.24) is 4.98 Å². The second-order valence-electron chi connectivity index (χ2n) is 4.27. The maximum absolute atomic E-state index is 10.9. The van der Waals surface area contributed by atoms with Crippen molar-refractivity contribution >= 4 is 23.9 Å². The van der Waals surface area contributed by atoms with Crippen LogP contribution in [0.5, 0.6) is 0 Å². The predicted octanol–water partition coefficient (Wildman–Crippen LogP) is 3.96. The number of benzene rings is 1. The third-order valence-corrected chi connectivity index (χ3v) is 3.33. The number of nitrogens with one attached hydrogen (secondary N) is 2. The van der Waals surface area contributed by atoms with Crippen molar-refractivity contribution in [2.75, 3.05) is 4.72 Å². The molecule has 0 fully saturated rings. The largest absolute Gasteiger partial charge is 0.359 e. The highest BCUT2D eigenvalue weighted by Gasteiger charge is 2.05. The predicted molar refractivity (Wildman–Crippen MR) is 78.0 cm³/mol. The van der Waals surface area contributed by atoms with Crippen molar-refractivity contribution in [3.8, 4) is 11.1 Å². The molecule has 2 rings (SSSR count). The fraction of sp³-hybridized carbons (Fsp3) is 0.214. The summed E-state index contributed by atoms with van der Waals surface area (Å²) in [5.74, 6) is 0. The number of aromatic nitrogens is 1. The van der Waals surface area contributed by atoms with E-state index in [1.54, 1.807) is 18.1 Å². The maximum atomic E-state index is 10.9. The number of rotatable bonds is 5. The number of carbonyl (C=O) groups is 1. The average Bonchev–Trinajstić information content (AvgIpc) is 2.85. The van der Waals surface area contributed by atoms with Crippen molar-refractivity contribution < 1.29 is 4.79 Å². The van der Waals surface area contributed by atoms with Gasteiger partial charge < -0.3 is 9.71 Å². The van der Waals surface area contributed by atoms with Crippen molar-refractivity contribution in [3.63, 3.8) is 0 Å². The van der Waals surface area contributed by atoms with Crippen LogP contribution in [-0.4, -0.2) is 16.5 Å². The number of aromatic amines is 1. The van der Waals surface area contributed by atoms with Gasteiger partial charge in [-0.3, -0.25) is 4.79 Å². The summed E-state index contributed by atoms with van der Waals surface area (Å²) >= 11 is 1.68. The Hall–Kier alpha value is -1.68. The Bertz CT molecular complexity index is 517. The van der Waals surface area contributed by atoms with Crippen molar-refractivity contribution in [3.05, 3.63) is 42.2 Å². The smallest absolute Gasteiger partial charge is 0.166 e. The molecule has 0 unspecified atom stereocenters. The molecule has 0 atom stereocenters. The summed E-state index contributed by atoms with van der Waals surface area (Å²) in [4.78, 5) is 13.8. The van der Waals surface area contributed by atoms with E-state index in [-0.39, 0.29) is 0 Å². The van der Waals surface area contributed by atoms with Gasteiger partial charge in [-0.25, -0.2) is 0 Å². The molecular formula is C14H16N2OS. The summed E-state index contributed by atoms with van der Waals surface area (Å²) in [5.41, 5.74) is 3.67. The monoisotopic (exact) mass is 260 g/mol. The van der Waals surface area contributed by atoms with Gasteiger partial charge in [0.2, 0.25) is 0 Å². The summed E-state index contributed by atoms with van der Waals surface area (Å²) in [7, 11) is 0. The summed E-state index contributed by atoms with van der Waals surface area (Å²) in [6, 6.07) is 9.98. The van der Waals surface area contributed by atoms with Crippen LogP contribution in [0.15, 0.2) is 36.5 Å². The van der Waals surface area contributed by atoms with Gasteiger partial charge in [-0.05, 0) is 35.7 Å². The molecule has 1 aromatic carbocycles. The van der Waals surface area contributed by atoms with Crippen LogP contribution in [-0.2, 0) is 0 Å². The van der Waals surface area contributed by atoms with E-state index in [1.165, 1.54) is 0 Å². The molecule has 2 N–H and O–H groups in total. The second-order valence-corrected chi connectivity index (χ2v) is 5.65. The van der Waals surface area contributed by atoms with E-state index in [0.29, 0.717) is 10.9 Å². The first-order valence-electron chi connectivity index (χ1n) is 5.85. The molecule has 0 saturated heterocycles. The first kappa shape index (κ1) is 12.8. The van der Waals surface area contributed by atoms with Gasteiger partial charge in [0.25, 0.3) is 0 Å². The van der Waals surface area contributed by atoms with Crippen LogP contribution in [0.25, 0.3) is 11.1 Å². The van der Waals surface area contributed by atoms with Crippen molar-refractivity contribution in [2.45, 2.75) is 19.1 Å². The highest BCUT2D eigenvalue weighted by Crippen LogP contribution is 2.25. The molecule has 0 aliphatic carbocycles. The van der Waals surface area contributed by atoms with Gasteiger partial charge in [-0.15, -0.1) is 0 Å². The van der Waals surface area contributed by atoms with Crippen molar-refractivity contribution in [2.24, 2.45) is 0 Å². The van der Waals surface area contributed by atoms with Crippen LogP contribution in [0.1, 0.15) is 24.3 Å². The number of carbonyl (C=O) groups excluding carboxylic acids is 1. The van der Waals surface area contributed by atoms with Gasteiger partial charge in [0, 0.05) is 22.7 Å². The standard InChI is InChI=1S/C14H16N2OS/c1-10(2)18-16-12-5-3-11(4-6-12)13-7-8-15-14(13)9-17/h3-10,15-16H,1-2H3. The lowest BCUT2D eigenvalue weighted by Gasteiger charge is -2.08. The Labute approximate surface area is 111 Å². The molecule has 0 aliphatic heterocycles. The molecular weight excluding hydrogens is 244 g/mol. The summed E-state index contributed by atoms with van der Waals surface area (Å²) in [5, 5.41) is 0.538. The zero-order chi connectivity index (χ0) is 13.0. The maximum Gasteiger partial charge on any atom is 0.166 e. The molecule has 0 bridgehead atoms. The van der Waals surface area contributed by atoms with E-state index in [1.807, 2.05) is 30.3 Å². The molecule has 1 aromatic heterocycles. The minimum atomic E-state index is 0.538. The SMILES string of the molecule is CC(C)SNc1ccc(-c2cc[nH]c2C=O)cc1. The van der Waals surface area contributed by atoms with Crippen LogP contribution in [0, 0.1) is 0 Å². The molecule has 4 heteroatoms. The van der Waals surface area contributed by atoms with Gasteiger partial charge in [-0.1, -0.05) is 26.0 Å². The molecule has 94 valence electrons. The van der Waals surface area contributed by atoms with Crippen LogP contribution < -0.4 is 4.72 Å². The van der Waals surface area contributed by atoms with Gasteiger partial charge in [-0.2, -0.15) is 0 Å². The van der Waals surface area contributed by atoms with Crippen LogP contribution in [0.3, 0.4) is 0 Å². The van der Waals surface area contributed by atoms with Gasteiger partial charge in [0.05, 0.1) is 5.69 Å². The Kier molecular flexibility index (Phi) is 4.10. The molecule has 0 radical (unpaired) electrons. The van der Waals surface area contributed by atoms with Crippen LogP contribution in [0.4, 0.5) is 5.69 Å². The molecule has 3 nitrogen and oxygen atoms in total. The van der Waals surface area contributed by atoms with Gasteiger partial charge in [0.15, 0.2) is 6.29 Å². The Balaban J connectivity index is 2.15. The fourth-order valence-corrected chi connectivity index (χ4v) is 2.14. The fourth-order valence-electron chi connectivity index (χ4n) is 1.64. The second kappa shape index (κ2) is 5.78. The topological polar surface area (TPSA) is 44.9 Å². The minimum Gasteiger partial charge on any atom is -0.359 e. The van der Waals surface area contributed by atoms with E-state index >= 15 is 0 Å². The van der Waals surface area contributed by atoms with E-state index in [2.05, 4.69) is 23.6 Å². The van der Waals surface area contributed by atoms with Crippen LogP contribution >= 0.6 is 11.9 Å². The lowest BCUT2D eigenvalue weighted by Crippen LogP contribution is -1.94. The zero-order valence-electron chi connectivity index (χ0n) is 10.4.